The van der Waals surface area contributed by atoms with Crippen molar-refractivity contribution >= 4 is 47.4 Å². The average Bonchev–Trinajstić information content (AvgIpc) is 3.17. The highest BCUT2D eigenvalue weighted by molar-refractivity contribution is 5.96. The molecule has 2 rings (SSSR count). The van der Waals surface area contributed by atoms with Gasteiger partial charge in [0.1, 0.15) is 29.4 Å². The second-order valence-electron chi connectivity index (χ2n) is 13.4. The van der Waals surface area contributed by atoms with Crippen LogP contribution in [-0.4, -0.2) is 116 Å². The topological polar surface area (TPSA) is 314 Å². The Morgan fingerprint density at radius 2 is 1.54 bits per heavy atom. The molecule has 1 aromatic rings. The van der Waals surface area contributed by atoms with Gasteiger partial charge in [0.25, 0.3) is 5.91 Å². The van der Waals surface area contributed by atoms with Gasteiger partial charge in [-0.2, -0.15) is 0 Å². The number of rotatable bonds is 19. The van der Waals surface area contributed by atoms with E-state index in [0.29, 0.717) is 15.4 Å². The highest BCUT2D eigenvalue weighted by Gasteiger charge is 2.59. The SMILES string of the molecule is CC(C)[C@H](NC(=O)[C@H](CC(=O)O)NC(=O)CNC(=O)[C@H](CCCN=C(N)N)NC(=O)COc1ccc(C2=[N+]([O-])C(C)(C)C(C)(C)N2[O])cc1)C(=O)O. The van der Waals surface area contributed by atoms with Gasteiger partial charge in [0.05, 0.1) is 18.5 Å². The summed E-state index contributed by atoms with van der Waals surface area (Å²) in [7, 11) is 0. The summed E-state index contributed by atoms with van der Waals surface area (Å²) in [5.41, 5.74) is 9.01. The summed E-state index contributed by atoms with van der Waals surface area (Å²) in [4.78, 5) is 77.8. The quantitative estimate of drug-likeness (QED) is 0.0261. The normalized spacial score (nSPS) is 16.3. The van der Waals surface area contributed by atoms with E-state index in [-0.39, 0.29) is 36.9 Å². The number of carboxylic acid groups (broad SMARTS) is 2. The zero-order chi connectivity index (χ0) is 39.6. The number of aliphatic carboxylic acids is 2. The number of amides is 4. The van der Waals surface area contributed by atoms with Gasteiger partial charge in [-0.3, -0.25) is 33.7 Å². The maximum atomic E-state index is 13.1. The Kier molecular flexibility index (Phi) is 14.7. The van der Waals surface area contributed by atoms with E-state index < -0.39 is 90.3 Å². The molecule has 0 unspecified atom stereocenters. The number of guanidine groups is 1. The minimum absolute atomic E-state index is 0.0171. The van der Waals surface area contributed by atoms with E-state index in [1.54, 1.807) is 27.7 Å². The van der Waals surface area contributed by atoms with Crippen molar-refractivity contribution < 1.29 is 53.7 Å². The number of ether oxygens (including phenoxy) is 1. The number of carbonyl (C=O) groups excluding carboxylic acids is 4. The van der Waals surface area contributed by atoms with E-state index >= 15 is 0 Å². The van der Waals surface area contributed by atoms with E-state index in [0.717, 1.165) is 0 Å². The number of nitrogens with zero attached hydrogens (tertiary/aromatic N) is 3. The lowest BCUT2D eigenvalue weighted by atomic mass is 9.84. The maximum Gasteiger partial charge on any atom is 0.326 e. The molecule has 1 aromatic carbocycles. The standard InChI is InChI=1S/C32H48N9O11/c1-17(2)25(29(48)49)39-27(47)21(14-24(44)45)38-22(42)15-36-26(46)20(8-7-13-35-30(33)34)37-23(43)16-52-19-11-9-18(10-12-19)28-40(50)31(3,4)32(5,6)41(28)51/h9-12,17,20-21,25H,7-8,13-16H2,1-6H3,(H,36,46)(H,37,43)(H,38,42)(H,39,47)(H,44,45)(H,48,49)(H4,33,34,35)/t20-,21-,25-/m0/s1. The van der Waals surface area contributed by atoms with Gasteiger partial charge in [0.2, 0.25) is 17.7 Å². The number of hydrogen-bond acceptors (Lipinski definition) is 10. The van der Waals surface area contributed by atoms with Gasteiger partial charge in [-0.1, -0.05) is 18.9 Å². The molecule has 0 saturated carbocycles. The predicted octanol–water partition coefficient (Wildman–Crippen LogP) is -1.62. The molecule has 0 aromatic heterocycles. The third kappa shape index (κ3) is 11.2. The average molecular weight is 735 g/mol. The molecule has 0 bridgehead atoms. The second kappa shape index (κ2) is 18.0. The summed E-state index contributed by atoms with van der Waals surface area (Å²) in [6, 6.07) is 1.72. The zero-order valence-electron chi connectivity index (χ0n) is 29.9. The van der Waals surface area contributed by atoms with Crippen LogP contribution in [0.5, 0.6) is 5.75 Å². The molecule has 0 fully saturated rings. The Morgan fingerprint density at radius 1 is 0.942 bits per heavy atom. The van der Waals surface area contributed by atoms with Crippen LogP contribution in [0.1, 0.15) is 66.4 Å². The number of benzene rings is 1. The lowest BCUT2D eigenvalue weighted by Crippen LogP contribution is -2.55. The molecule has 287 valence electrons. The van der Waals surface area contributed by atoms with Crippen molar-refractivity contribution in [3.63, 3.8) is 0 Å². The molecule has 52 heavy (non-hydrogen) atoms. The Labute approximate surface area is 300 Å². The van der Waals surface area contributed by atoms with E-state index in [2.05, 4.69) is 26.3 Å². The molecular formula is C32H48N9O11. The number of hydroxylamine groups is 3. The Balaban J connectivity index is 2.06. The minimum atomic E-state index is -1.65. The highest BCUT2D eigenvalue weighted by atomic mass is 16.5. The fourth-order valence-electron chi connectivity index (χ4n) is 4.89. The van der Waals surface area contributed by atoms with Crippen LogP contribution in [0, 0.1) is 11.1 Å². The van der Waals surface area contributed by atoms with Crippen molar-refractivity contribution in [2.45, 2.75) is 90.0 Å². The first-order valence-electron chi connectivity index (χ1n) is 16.3. The number of amidine groups is 1. The van der Waals surface area contributed by atoms with Crippen LogP contribution in [0.3, 0.4) is 0 Å². The summed E-state index contributed by atoms with van der Waals surface area (Å²) in [6.45, 7) is 8.57. The van der Waals surface area contributed by atoms with Crippen molar-refractivity contribution in [2.24, 2.45) is 22.4 Å². The predicted molar refractivity (Wildman–Crippen MR) is 184 cm³/mol. The first-order chi connectivity index (χ1) is 24.1. The molecule has 20 nitrogen and oxygen atoms in total. The lowest BCUT2D eigenvalue weighted by Gasteiger charge is -2.32. The summed E-state index contributed by atoms with van der Waals surface area (Å²) >= 11 is 0. The van der Waals surface area contributed by atoms with Gasteiger partial charge in [-0.25, -0.2) is 4.79 Å². The van der Waals surface area contributed by atoms with Gasteiger partial charge in [0.15, 0.2) is 18.1 Å². The van der Waals surface area contributed by atoms with Gasteiger partial charge in [-0.15, -0.1) is 0 Å². The largest absolute Gasteiger partial charge is 0.714 e. The Hall–Kier alpha value is -5.66. The lowest BCUT2D eigenvalue weighted by molar-refractivity contribution is -0.539. The van der Waals surface area contributed by atoms with Crippen molar-refractivity contribution in [1.29, 1.82) is 0 Å². The molecule has 0 spiro atoms. The van der Waals surface area contributed by atoms with Crippen LogP contribution in [0.25, 0.3) is 0 Å². The van der Waals surface area contributed by atoms with Crippen molar-refractivity contribution in [3.8, 4) is 5.75 Å². The number of carbonyl (C=O) groups is 6. The van der Waals surface area contributed by atoms with Gasteiger partial charge < -0.3 is 52.9 Å². The molecule has 1 aliphatic rings. The smallest absolute Gasteiger partial charge is 0.326 e. The molecular weight excluding hydrogens is 686 g/mol. The van der Waals surface area contributed by atoms with Crippen LogP contribution in [-0.2, 0) is 34.0 Å². The molecule has 3 atom stereocenters. The van der Waals surface area contributed by atoms with Crippen LogP contribution in [0.15, 0.2) is 29.3 Å². The first kappa shape index (κ1) is 42.5. The number of aliphatic imine (C=N–C) groups is 1. The first-order valence-corrected chi connectivity index (χ1v) is 16.3. The Bertz CT molecular complexity index is 1550. The van der Waals surface area contributed by atoms with Gasteiger partial charge in [0, 0.05) is 11.8 Å². The van der Waals surface area contributed by atoms with E-state index in [1.807, 2.05) is 0 Å². The number of nitrogens with one attached hydrogen (secondary N) is 4. The van der Waals surface area contributed by atoms with Gasteiger partial charge >= 0.3 is 17.8 Å². The van der Waals surface area contributed by atoms with Crippen LogP contribution in [0.4, 0.5) is 0 Å². The number of nitrogens with two attached hydrogens (primary N) is 2. The minimum Gasteiger partial charge on any atom is -0.714 e. The molecule has 1 aliphatic heterocycles. The van der Waals surface area contributed by atoms with Crippen LogP contribution < -0.4 is 37.5 Å². The molecule has 10 N–H and O–H groups in total. The van der Waals surface area contributed by atoms with Crippen molar-refractivity contribution in [2.75, 3.05) is 19.7 Å². The summed E-state index contributed by atoms with van der Waals surface area (Å²) < 4.78 is 6.20. The summed E-state index contributed by atoms with van der Waals surface area (Å²) in [6.07, 6.45) is -0.624. The van der Waals surface area contributed by atoms with Crippen molar-refractivity contribution in [1.82, 2.24) is 26.3 Å². The third-order valence-corrected chi connectivity index (χ3v) is 8.66. The number of hydrogen-bond donors (Lipinski definition) is 8. The molecule has 1 heterocycles. The van der Waals surface area contributed by atoms with E-state index in [1.165, 1.54) is 38.1 Å². The van der Waals surface area contributed by atoms with E-state index in [4.69, 9.17) is 16.2 Å². The van der Waals surface area contributed by atoms with E-state index in [9.17, 15) is 49.4 Å². The third-order valence-electron chi connectivity index (χ3n) is 8.66. The highest BCUT2D eigenvalue weighted by Crippen LogP contribution is 2.37. The number of carboxylic acids is 2. The monoisotopic (exact) mass is 734 g/mol. The van der Waals surface area contributed by atoms with Crippen molar-refractivity contribution in [3.05, 3.63) is 35.0 Å². The molecule has 20 heteroatoms. The second-order valence-corrected chi connectivity index (χ2v) is 13.4. The molecule has 0 saturated heterocycles. The maximum absolute atomic E-state index is 13.1. The summed E-state index contributed by atoms with van der Waals surface area (Å²) in [5.74, 6) is -6.94. The van der Waals surface area contributed by atoms with Crippen LogP contribution >= 0.6 is 0 Å². The summed E-state index contributed by atoms with van der Waals surface area (Å²) in [5, 5.41) is 54.3. The zero-order valence-corrected chi connectivity index (χ0v) is 29.9. The fourth-order valence-corrected chi connectivity index (χ4v) is 4.89. The van der Waals surface area contributed by atoms with Crippen LogP contribution in [0.2, 0.25) is 0 Å². The molecule has 1 radical (unpaired) electrons. The molecule has 0 aliphatic carbocycles. The fraction of sp³-hybridized carbons (Fsp3) is 0.562. The molecule has 4 amide bonds. The Morgan fingerprint density at radius 3 is 2.04 bits per heavy atom. The van der Waals surface area contributed by atoms with Gasteiger partial charge in [-0.05, 0) is 70.7 Å².